The normalized spacial score (nSPS) is 14.5. The number of halogens is 3. The Bertz CT molecular complexity index is 1400. The van der Waals surface area contributed by atoms with Gasteiger partial charge in [0.15, 0.2) is 5.65 Å². The molecule has 0 spiro atoms. The molecule has 5 N–H and O–H groups in total. The Morgan fingerprint density at radius 2 is 1.97 bits per heavy atom. The van der Waals surface area contributed by atoms with Crippen LogP contribution in [0.5, 0.6) is 5.75 Å². The van der Waals surface area contributed by atoms with E-state index >= 15 is 0 Å². The van der Waals surface area contributed by atoms with Gasteiger partial charge in [0.05, 0.1) is 42.8 Å². The number of hydrogen-bond acceptors (Lipinski definition) is 7. The lowest BCUT2D eigenvalue weighted by Crippen LogP contribution is -2.36. The van der Waals surface area contributed by atoms with Crippen molar-refractivity contribution in [3.63, 3.8) is 0 Å². The fourth-order valence-electron chi connectivity index (χ4n) is 4.54. The van der Waals surface area contributed by atoms with Crippen LogP contribution < -0.4 is 26.4 Å². The minimum atomic E-state index is -4.46. The summed E-state index contributed by atoms with van der Waals surface area (Å²) in [5.74, 6) is 5.84. The molecule has 0 radical (unpaired) electrons. The number of hydrogen-bond donors (Lipinski definition) is 4. The number of nitrogens with zero attached hydrogens (tertiary/aromatic N) is 3. The summed E-state index contributed by atoms with van der Waals surface area (Å²) in [6.07, 6.45) is -2.40. The van der Waals surface area contributed by atoms with Crippen molar-refractivity contribution < 1.29 is 22.7 Å². The van der Waals surface area contributed by atoms with E-state index in [1.807, 2.05) is 0 Å². The van der Waals surface area contributed by atoms with E-state index in [4.69, 9.17) is 10.5 Å². The number of alkyl halides is 3. The molecule has 1 fully saturated rings. The summed E-state index contributed by atoms with van der Waals surface area (Å²) < 4.78 is 47.4. The van der Waals surface area contributed by atoms with Gasteiger partial charge in [-0.15, -0.1) is 0 Å². The Morgan fingerprint density at radius 3 is 2.64 bits per heavy atom. The highest BCUT2D eigenvalue weighted by Gasteiger charge is 2.32. The monoisotopic (exact) mass is 543 g/mol. The molecule has 0 saturated carbocycles. The van der Waals surface area contributed by atoms with Crippen molar-refractivity contribution in [3.05, 3.63) is 47.4 Å². The van der Waals surface area contributed by atoms with Crippen LogP contribution in [0.2, 0.25) is 0 Å². The number of aromatic nitrogens is 2. The number of carbonyl (C=O) groups excluding carboxylic acids is 1. The van der Waals surface area contributed by atoms with Crippen LogP contribution in [0.4, 0.5) is 30.2 Å². The van der Waals surface area contributed by atoms with Gasteiger partial charge in [-0.2, -0.15) is 13.2 Å². The number of likely N-dealkylation sites (tertiary alicyclic amines) is 1. The topological polar surface area (TPSA) is 109 Å². The smallest absolute Gasteiger partial charge is 0.394 e. The molecule has 12 heteroatoms. The molecule has 1 saturated heterocycles. The average Bonchev–Trinajstić information content (AvgIpc) is 3.23. The Morgan fingerprint density at radius 1 is 1.23 bits per heavy atom. The standard InChI is InChI=1S/C27H32F3N7O2/c1-32-26(38)17-6-7-21(24(13-17)39-3)33-10-4-5-20-23(15-27(28,29)30)37-16-18(31)14-22(25(37)35-20)34-19-8-11-36(2)12-9-19/h6-7,13-14,16,19,33-34H,8-12,15,31H2,1-3H3,(H,32,38). The van der Waals surface area contributed by atoms with Gasteiger partial charge in [0, 0.05) is 24.8 Å². The molecule has 9 nitrogen and oxygen atoms in total. The molecule has 4 rings (SSSR count). The van der Waals surface area contributed by atoms with Gasteiger partial charge >= 0.3 is 6.18 Å². The van der Waals surface area contributed by atoms with Crippen LogP contribution in [-0.4, -0.2) is 73.2 Å². The van der Waals surface area contributed by atoms with Crippen molar-refractivity contribution in [3.8, 4) is 17.6 Å². The number of ether oxygens (including phenoxy) is 1. The van der Waals surface area contributed by atoms with Gasteiger partial charge in [0.1, 0.15) is 11.4 Å². The molecule has 1 aromatic carbocycles. The molecule has 3 heterocycles. The molecule has 1 aliphatic rings. The molecule has 3 aromatic rings. The van der Waals surface area contributed by atoms with Crippen molar-refractivity contribution in [1.29, 1.82) is 0 Å². The number of methoxy groups -OCH3 is 1. The molecule has 1 aliphatic heterocycles. The second-order valence-corrected chi connectivity index (χ2v) is 9.45. The van der Waals surface area contributed by atoms with Gasteiger partial charge < -0.3 is 31.3 Å². The Balaban J connectivity index is 1.61. The lowest BCUT2D eigenvalue weighted by molar-refractivity contribution is -0.128. The Kier molecular flexibility index (Phi) is 8.40. The first kappa shape index (κ1) is 27.9. The number of amides is 1. The number of fused-ring (bicyclic) bond motifs is 1. The minimum absolute atomic E-state index is 0.0353. The van der Waals surface area contributed by atoms with E-state index in [1.165, 1.54) is 24.8 Å². The number of imidazole rings is 1. The van der Waals surface area contributed by atoms with Crippen LogP contribution in [0.15, 0.2) is 30.5 Å². The van der Waals surface area contributed by atoms with Crippen LogP contribution >= 0.6 is 0 Å². The lowest BCUT2D eigenvalue weighted by Gasteiger charge is -2.30. The minimum Gasteiger partial charge on any atom is -0.495 e. The van der Waals surface area contributed by atoms with Crippen molar-refractivity contribution in [2.45, 2.75) is 31.5 Å². The largest absolute Gasteiger partial charge is 0.495 e. The number of benzene rings is 1. The summed E-state index contributed by atoms with van der Waals surface area (Å²) in [4.78, 5) is 18.6. The first-order chi connectivity index (χ1) is 18.6. The maximum Gasteiger partial charge on any atom is 0.394 e. The number of nitrogens with two attached hydrogens (primary N) is 1. The Hall–Kier alpha value is -4.11. The van der Waals surface area contributed by atoms with E-state index < -0.39 is 12.6 Å². The van der Waals surface area contributed by atoms with Gasteiger partial charge in [-0.25, -0.2) is 4.98 Å². The van der Waals surface area contributed by atoms with E-state index in [9.17, 15) is 18.0 Å². The van der Waals surface area contributed by atoms with E-state index in [0.29, 0.717) is 34.0 Å². The highest BCUT2D eigenvalue weighted by molar-refractivity contribution is 5.95. The predicted molar refractivity (Wildman–Crippen MR) is 145 cm³/mol. The first-order valence-corrected chi connectivity index (χ1v) is 12.5. The van der Waals surface area contributed by atoms with Crippen molar-refractivity contribution in [2.75, 3.05) is 57.2 Å². The number of nitrogens with one attached hydrogen (secondary N) is 3. The fraction of sp³-hybridized carbons (Fsp3) is 0.407. The second kappa shape index (κ2) is 11.7. The number of piperidine rings is 1. The van der Waals surface area contributed by atoms with Gasteiger partial charge in [0.2, 0.25) is 0 Å². The fourth-order valence-corrected chi connectivity index (χ4v) is 4.54. The highest BCUT2D eigenvalue weighted by atomic mass is 19.4. The molecule has 0 atom stereocenters. The van der Waals surface area contributed by atoms with Gasteiger partial charge in [-0.3, -0.25) is 9.20 Å². The van der Waals surface area contributed by atoms with E-state index in [1.54, 1.807) is 24.3 Å². The summed E-state index contributed by atoms with van der Waals surface area (Å²) in [6.45, 7) is 1.96. The third-order valence-electron chi connectivity index (χ3n) is 6.55. The number of pyridine rings is 1. The number of rotatable bonds is 7. The van der Waals surface area contributed by atoms with Crippen LogP contribution in [0.1, 0.15) is 34.6 Å². The summed E-state index contributed by atoms with van der Waals surface area (Å²) in [5.41, 5.74) is 8.32. The molecular weight excluding hydrogens is 511 g/mol. The summed E-state index contributed by atoms with van der Waals surface area (Å²) in [6, 6.07) is 6.75. The zero-order chi connectivity index (χ0) is 28.2. The van der Waals surface area contributed by atoms with Crippen LogP contribution in [0, 0.1) is 11.8 Å². The molecule has 0 unspecified atom stereocenters. The lowest BCUT2D eigenvalue weighted by atomic mass is 10.1. The molecule has 208 valence electrons. The van der Waals surface area contributed by atoms with Crippen LogP contribution in [-0.2, 0) is 6.42 Å². The predicted octanol–water partition coefficient (Wildman–Crippen LogP) is 3.36. The van der Waals surface area contributed by atoms with Gasteiger partial charge in [-0.1, -0.05) is 5.92 Å². The average molecular weight is 544 g/mol. The number of anilines is 3. The number of nitrogen functional groups attached to an aromatic ring is 1. The number of carbonyl (C=O) groups is 1. The quantitative estimate of drug-likeness (QED) is 0.339. The van der Waals surface area contributed by atoms with Gasteiger partial charge in [-0.05, 0) is 63.2 Å². The second-order valence-electron chi connectivity index (χ2n) is 9.45. The highest BCUT2D eigenvalue weighted by Crippen LogP contribution is 2.30. The van der Waals surface area contributed by atoms with E-state index in [2.05, 4.69) is 44.7 Å². The molecule has 1 amide bonds. The van der Waals surface area contributed by atoms with Crippen molar-refractivity contribution >= 4 is 28.6 Å². The first-order valence-electron chi connectivity index (χ1n) is 12.5. The zero-order valence-electron chi connectivity index (χ0n) is 22.1. The summed E-state index contributed by atoms with van der Waals surface area (Å²) in [7, 11) is 5.07. The third kappa shape index (κ3) is 6.86. The maximum atomic E-state index is 13.5. The maximum absolute atomic E-state index is 13.5. The Labute approximate surface area is 224 Å². The molecule has 0 aliphatic carbocycles. The zero-order valence-corrected chi connectivity index (χ0v) is 22.1. The third-order valence-corrected chi connectivity index (χ3v) is 6.55. The molecule has 39 heavy (non-hydrogen) atoms. The van der Waals surface area contributed by atoms with Crippen molar-refractivity contribution in [1.82, 2.24) is 19.6 Å². The van der Waals surface area contributed by atoms with Crippen molar-refractivity contribution in [2.24, 2.45) is 0 Å². The van der Waals surface area contributed by atoms with Crippen LogP contribution in [0.25, 0.3) is 5.65 Å². The summed E-state index contributed by atoms with van der Waals surface area (Å²) in [5, 5.41) is 9.05. The van der Waals surface area contributed by atoms with Crippen LogP contribution in [0.3, 0.4) is 0 Å². The summed E-state index contributed by atoms with van der Waals surface area (Å²) >= 11 is 0. The van der Waals surface area contributed by atoms with Gasteiger partial charge in [0.25, 0.3) is 5.91 Å². The van der Waals surface area contributed by atoms with E-state index in [0.717, 1.165) is 25.9 Å². The molecule has 0 bridgehead atoms. The van der Waals surface area contributed by atoms with E-state index in [-0.39, 0.29) is 29.9 Å². The SMILES string of the molecule is CNC(=O)c1ccc(NCC#Cc2nc3c(NC4CCN(C)CC4)cc(N)cn3c2CC(F)(F)F)c(OC)c1. The molecule has 2 aromatic heterocycles. The molecular formula is C27H32F3N7O2.